The third-order valence-electron chi connectivity index (χ3n) is 4.37. The van der Waals surface area contributed by atoms with Crippen LogP contribution < -0.4 is 16.4 Å². The molecule has 0 spiro atoms. The van der Waals surface area contributed by atoms with E-state index in [1.807, 2.05) is 0 Å². The summed E-state index contributed by atoms with van der Waals surface area (Å²) in [5.74, 6) is -0.658. The molecule has 0 saturated heterocycles. The van der Waals surface area contributed by atoms with Gasteiger partial charge in [0, 0.05) is 30.9 Å². The van der Waals surface area contributed by atoms with Gasteiger partial charge in [0.25, 0.3) is 17.7 Å². The third kappa shape index (κ3) is 3.37. The summed E-state index contributed by atoms with van der Waals surface area (Å²) >= 11 is 0. The van der Waals surface area contributed by atoms with Gasteiger partial charge in [0.05, 0.1) is 11.3 Å². The van der Waals surface area contributed by atoms with Crippen LogP contribution in [0.25, 0.3) is 5.69 Å². The minimum absolute atomic E-state index is 0.0873. The second-order valence-corrected chi connectivity index (χ2v) is 6.32. The van der Waals surface area contributed by atoms with Crippen molar-refractivity contribution < 1.29 is 18.8 Å². The first-order valence-electron chi connectivity index (χ1n) is 8.69. The summed E-state index contributed by atoms with van der Waals surface area (Å²) in [6, 6.07) is 9.85. The van der Waals surface area contributed by atoms with Crippen LogP contribution in [-0.4, -0.2) is 34.0 Å². The molecule has 3 heterocycles. The van der Waals surface area contributed by atoms with Crippen LogP contribution in [-0.2, 0) is 6.42 Å². The normalized spacial score (nSPS) is 13.4. The summed E-state index contributed by atoms with van der Waals surface area (Å²) in [5, 5.41) is 9.57. The van der Waals surface area contributed by atoms with Crippen LogP contribution in [0.4, 0.5) is 5.69 Å². The van der Waals surface area contributed by atoms with E-state index in [4.69, 9.17) is 10.2 Å². The Morgan fingerprint density at radius 3 is 2.71 bits per heavy atom. The molecule has 4 rings (SSSR count). The molecule has 1 aliphatic heterocycles. The zero-order chi connectivity index (χ0) is 19.7. The summed E-state index contributed by atoms with van der Waals surface area (Å²) in [5.41, 5.74) is 7.02. The van der Waals surface area contributed by atoms with E-state index < -0.39 is 11.8 Å². The molecule has 0 radical (unpaired) electrons. The van der Waals surface area contributed by atoms with E-state index in [1.54, 1.807) is 30.5 Å². The van der Waals surface area contributed by atoms with Crippen molar-refractivity contribution in [3.8, 4) is 5.69 Å². The highest BCUT2D eigenvalue weighted by atomic mass is 16.4. The number of amides is 3. The van der Waals surface area contributed by atoms with E-state index in [0.717, 1.165) is 6.42 Å². The van der Waals surface area contributed by atoms with Crippen molar-refractivity contribution in [3.05, 3.63) is 65.4 Å². The molecule has 0 fully saturated rings. The van der Waals surface area contributed by atoms with Crippen LogP contribution in [0.15, 0.2) is 47.0 Å². The molecule has 4 N–H and O–H groups in total. The minimum Gasteiger partial charge on any atom is -0.455 e. The number of nitrogens with two attached hydrogens (primary N) is 1. The average molecular weight is 379 g/mol. The van der Waals surface area contributed by atoms with Gasteiger partial charge in [0.1, 0.15) is 11.5 Å². The van der Waals surface area contributed by atoms with Crippen LogP contribution in [0.5, 0.6) is 0 Å². The molecule has 9 nitrogen and oxygen atoms in total. The fourth-order valence-electron chi connectivity index (χ4n) is 2.95. The number of aromatic nitrogens is 2. The molecule has 2 aromatic heterocycles. The smallest absolute Gasteiger partial charge is 0.291 e. The second kappa shape index (κ2) is 7.03. The quantitative estimate of drug-likeness (QED) is 0.632. The van der Waals surface area contributed by atoms with Crippen LogP contribution in [0, 0.1) is 0 Å². The lowest BCUT2D eigenvalue weighted by Gasteiger charge is -2.05. The van der Waals surface area contributed by atoms with Gasteiger partial charge < -0.3 is 20.8 Å². The number of carbonyl (C=O) groups is 3. The molecule has 142 valence electrons. The number of rotatable bonds is 4. The van der Waals surface area contributed by atoms with E-state index in [-0.39, 0.29) is 17.4 Å². The number of carbonyl (C=O) groups excluding carboxylic acids is 3. The van der Waals surface area contributed by atoms with Gasteiger partial charge in [-0.1, -0.05) is 0 Å². The third-order valence-corrected chi connectivity index (χ3v) is 4.37. The Morgan fingerprint density at radius 2 is 2.00 bits per heavy atom. The van der Waals surface area contributed by atoms with Gasteiger partial charge in [-0.2, -0.15) is 5.10 Å². The highest BCUT2D eigenvalue weighted by Crippen LogP contribution is 2.21. The Balaban J connectivity index is 1.48. The SMILES string of the molecule is NC(=O)c1ccn(-c2ccc(NC(=O)c3cc4c(o3)CCCNC4=O)cc2)n1. The number of benzene rings is 1. The number of anilines is 1. The van der Waals surface area contributed by atoms with Crippen molar-refractivity contribution in [2.24, 2.45) is 5.73 Å². The highest BCUT2D eigenvalue weighted by Gasteiger charge is 2.23. The van der Waals surface area contributed by atoms with E-state index in [1.165, 1.54) is 16.8 Å². The fraction of sp³-hybridized carbons (Fsp3) is 0.158. The number of primary amides is 1. The lowest BCUT2D eigenvalue weighted by Crippen LogP contribution is -2.22. The van der Waals surface area contributed by atoms with Gasteiger partial charge in [0.2, 0.25) is 0 Å². The molecule has 3 amide bonds. The minimum atomic E-state index is -0.604. The highest BCUT2D eigenvalue weighted by molar-refractivity contribution is 6.05. The maximum Gasteiger partial charge on any atom is 0.291 e. The van der Waals surface area contributed by atoms with Crippen molar-refractivity contribution in [3.63, 3.8) is 0 Å². The van der Waals surface area contributed by atoms with E-state index >= 15 is 0 Å². The van der Waals surface area contributed by atoms with Crippen LogP contribution in [0.3, 0.4) is 0 Å². The van der Waals surface area contributed by atoms with Crippen molar-refractivity contribution in [2.45, 2.75) is 12.8 Å². The lowest BCUT2D eigenvalue weighted by atomic mass is 10.2. The summed E-state index contributed by atoms with van der Waals surface area (Å²) in [7, 11) is 0. The Labute approximate surface area is 159 Å². The maximum absolute atomic E-state index is 12.5. The monoisotopic (exact) mass is 379 g/mol. The van der Waals surface area contributed by atoms with E-state index in [0.29, 0.717) is 35.7 Å². The van der Waals surface area contributed by atoms with Gasteiger partial charge in [-0.15, -0.1) is 0 Å². The van der Waals surface area contributed by atoms with Gasteiger partial charge >= 0.3 is 0 Å². The molecule has 28 heavy (non-hydrogen) atoms. The second-order valence-electron chi connectivity index (χ2n) is 6.32. The summed E-state index contributed by atoms with van der Waals surface area (Å²) < 4.78 is 7.09. The van der Waals surface area contributed by atoms with Crippen molar-refractivity contribution in [1.29, 1.82) is 0 Å². The number of fused-ring (bicyclic) bond motifs is 1. The molecular formula is C19H17N5O4. The van der Waals surface area contributed by atoms with Gasteiger partial charge in [-0.3, -0.25) is 14.4 Å². The standard InChI is InChI=1S/C19H17N5O4/c20-17(25)14-7-9-24(23-14)12-5-3-11(4-6-12)22-19(27)16-10-13-15(28-16)2-1-8-21-18(13)26/h3-7,9-10H,1-2,8H2,(H2,20,25)(H,21,26)(H,22,27). The number of aryl methyl sites for hydroxylation is 1. The molecule has 1 aromatic carbocycles. The predicted octanol–water partition coefficient (Wildman–Crippen LogP) is 1.49. The van der Waals surface area contributed by atoms with Gasteiger partial charge in [-0.05, 0) is 36.8 Å². The summed E-state index contributed by atoms with van der Waals surface area (Å²) in [6.45, 7) is 0.591. The number of nitrogens with one attached hydrogen (secondary N) is 2. The predicted molar refractivity (Wildman–Crippen MR) is 99.4 cm³/mol. The Kier molecular flexibility index (Phi) is 4.40. The summed E-state index contributed by atoms with van der Waals surface area (Å²) in [6.07, 6.45) is 2.99. The number of furan rings is 1. The first kappa shape index (κ1) is 17.5. The topological polar surface area (TPSA) is 132 Å². The van der Waals surface area contributed by atoms with Gasteiger partial charge in [-0.25, -0.2) is 4.68 Å². The zero-order valence-electron chi connectivity index (χ0n) is 14.8. The molecule has 0 unspecified atom stereocenters. The molecule has 0 saturated carbocycles. The lowest BCUT2D eigenvalue weighted by molar-refractivity contribution is 0.0953. The molecule has 0 aliphatic carbocycles. The Morgan fingerprint density at radius 1 is 1.21 bits per heavy atom. The maximum atomic E-state index is 12.5. The number of hydrogen-bond donors (Lipinski definition) is 3. The van der Waals surface area contributed by atoms with Crippen molar-refractivity contribution >= 4 is 23.4 Å². The molecule has 9 heteroatoms. The fourth-order valence-corrected chi connectivity index (χ4v) is 2.95. The zero-order valence-corrected chi connectivity index (χ0v) is 14.8. The van der Waals surface area contributed by atoms with E-state index in [9.17, 15) is 14.4 Å². The first-order valence-corrected chi connectivity index (χ1v) is 8.69. The molecule has 0 atom stereocenters. The molecule has 1 aliphatic rings. The summed E-state index contributed by atoms with van der Waals surface area (Å²) in [4.78, 5) is 35.6. The molecule has 3 aromatic rings. The molecular weight excluding hydrogens is 362 g/mol. The Bertz CT molecular complexity index is 1060. The van der Waals surface area contributed by atoms with Crippen molar-refractivity contribution in [2.75, 3.05) is 11.9 Å². The first-order chi connectivity index (χ1) is 13.5. The van der Waals surface area contributed by atoms with Crippen LogP contribution >= 0.6 is 0 Å². The molecule has 0 bridgehead atoms. The van der Waals surface area contributed by atoms with Gasteiger partial charge in [0.15, 0.2) is 5.76 Å². The van der Waals surface area contributed by atoms with Crippen LogP contribution in [0.1, 0.15) is 43.6 Å². The van der Waals surface area contributed by atoms with E-state index in [2.05, 4.69) is 15.7 Å². The number of hydrogen-bond acceptors (Lipinski definition) is 5. The largest absolute Gasteiger partial charge is 0.455 e. The average Bonchev–Trinajstić information content (AvgIpc) is 3.30. The Hall–Kier alpha value is -3.88. The number of nitrogens with zero attached hydrogens (tertiary/aromatic N) is 2. The van der Waals surface area contributed by atoms with Crippen molar-refractivity contribution in [1.82, 2.24) is 15.1 Å². The van der Waals surface area contributed by atoms with Crippen LogP contribution in [0.2, 0.25) is 0 Å².